The molecule has 0 saturated heterocycles. The zero-order valence-corrected chi connectivity index (χ0v) is 50.8. The summed E-state index contributed by atoms with van der Waals surface area (Å²) >= 11 is 0. The number of hydrogen-bond donors (Lipinski definition) is 0. The van der Waals surface area contributed by atoms with Crippen molar-refractivity contribution >= 4 is 17.9 Å². The van der Waals surface area contributed by atoms with Crippen molar-refractivity contribution in [2.24, 2.45) is 0 Å². The molecule has 0 aromatic heterocycles. The Bertz CT molecular complexity index is 1780. The Labute approximate surface area is 486 Å². The first-order chi connectivity index (χ1) is 39.0. The predicted molar refractivity (Wildman–Crippen MR) is 343 cm³/mol. The molecule has 0 spiro atoms. The SMILES string of the molecule is CC/C=C\C/C=C\C/C=C\C/C=C\C/C=C\C/C=C\CCCCCCCCCCCCCCC(=O)OCC(COC(=O)CCCCCCC/C=C\C/C=C\CCC)OC(=O)CCC/C=C\C/C=C\C/C=C\C/C=C\C/C=C\CC. The molecule has 444 valence electrons. The van der Waals surface area contributed by atoms with E-state index < -0.39 is 6.10 Å². The molecule has 0 N–H and O–H groups in total. The minimum atomic E-state index is -0.822. The number of hydrogen-bond acceptors (Lipinski definition) is 6. The first-order valence-electron chi connectivity index (χ1n) is 32.0. The summed E-state index contributed by atoms with van der Waals surface area (Å²) in [4.78, 5) is 38.2. The van der Waals surface area contributed by atoms with Gasteiger partial charge in [0.05, 0.1) is 0 Å². The van der Waals surface area contributed by atoms with Crippen LogP contribution >= 0.6 is 0 Å². The predicted octanol–water partition coefficient (Wildman–Crippen LogP) is 22.1. The maximum absolute atomic E-state index is 12.9. The normalized spacial score (nSPS) is 13.2. The van der Waals surface area contributed by atoms with Gasteiger partial charge in [0.1, 0.15) is 13.2 Å². The van der Waals surface area contributed by atoms with Crippen LogP contribution in [0.1, 0.15) is 265 Å². The van der Waals surface area contributed by atoms with Crippen LogP contribution in [0.2, 0.25) is 0 Å². The van der Waals surface area contributed by atoms with Crippen LogP contribution in [-0.2, 0) is 28.6 Å². The summed E-state index contributed by atoms with van der Waals surface area (Å²) in [5.41, 5.74) is 0. The summed E-state index contributed by atoms with van der Waals surface area (Å²) in [6, 6.07) is 0. The first-order valence-corrected chi connectivity index (χ1v) is 32.0. The van der Waals surface area contributed by atoms with Crippen molar-refractivity contribution in [1.29, 1.82) is 0 Å². The molecule has 0 bridgehead atoms. The second-order valence-electron chi connectivity index (χ2n) is 20.5. The van der Waals surface area contributed by atoms with Crippen molar-refractivity contribution < 1.29 is 28.6 Å². The quantitative estimate of drug-likeness (QED) is 0.0261. The molecule has 0 amide bonds. The van der Waals surface area contributed by atoms with Crippen molar-refractivity contribution in [3.05, 3.63) is 158 Å². The van der Waals surface area contributed by atoms with Crippen LogP contribution in [0.4, 0.5) is 0 Å². The molecule has 0 aliphatic carbocycles. The molecule has 6 nitrogen and oxygen atoms in total. The first kappa shape index (κ1) is 74.0. The van der Waals surface area contributed by atoms with E-state index >= 15 is 0 Å². The van der Waals surface area contributed by atoms with Gasteiger partial charge in [0.15, 0.2) is 6.10 Å². The molecule has 0 heterocycles. The summed E-state index contributed by atoms with van der Waals surface area (Å²) in [5, 5.41) is 0. The van der Waals surface area contributed by atoms with Crippen molar-refractivity contribution in [1.82, 2.24) is 0 Å². The van der Waals surface area contributed by atoms with Gasteiger partial charge in [-0.15, -0.1) is 0 Å². The average molecular weight is 1090 g/mol. The molecule has 6 heteroatoms. The van der Waals surface area contributed by atoms with Gasteiger partial charge in [-0.3, -0.25) is 14.4 Å². The third-order valence-electron chi connectivity index (χ3n) is 13.0. The topological polar surface area (TPSA) is 78.9 Å². The van der Waals surface area contributed by atoms with Gasteiger partial charge >= 0.3 is 17.9 Å². The highest BCUT2D eigenvalue weighted by Gasteiger charge is 2.19. The fraction of sp³-hybridized carbons (Fsp3) is 0.603. The second-order valence-corrected chi connectivity index (χ2v) is 20.5. The Kier molecular flexibility index (Phi) is 61.4. The van der Waals surface area contributed by atoms with Crippen LogP contribution in [0.3, 0.4) is 0 Å². The van der Waals surface area contributed by atoms with E-state index in [2.05, 4.69) is 179 Å². The molecule has 0 fully saturated rings. The number of esters is 3. The minimum Gasteiger partial charge on any atom is -0.462 e. The lowest BCUT2D eigenvalue weighted by Crippen LogP contribution is -2.30. The Hall–Kier alpha value is -4.97. The van der Waals surface area contributed by atoms with Crippen LogP contribution in [0, 0.1) is 0 Å². The molecule has 0 aromatic rings. The van der Waals surface area contributed by atoms with E-state index in [0.717, 1.165) is 148 Å². The second kappa shape index (κ2) is 65.5. The van der Waals surface area contributed by atoms with E-state index in [1.165, 1.54) is 70.6 Å². The molecular formula is C73H116O6. The van der Waals surface area contributed by atoms with Gasteiger partial charge in [-0.1, -0.05) is 269 Å². The van der Waals surface area contributed by atoms with Gasteiger partial charge in [0, 0.05) is 19.3 Å². The number of unbranched alkanes of at least 4 members (excludes halogenated alkanes) is 19. The van der Waals surface area contributed by atoms with Gasteiger partial charge in [-0.2, -0.15) is 0 Å². The highest BCUT2D eigenvalue weighted by atomic mass is 16.6. The van der Waals surface area contributed by atoms with Crippen molar-refractivity contribution in [3.63, 3.8) is 0 Å². The van der Waals surface area contributed by atoms with Crippen LogP contribution < -0.4 is 0 Å². The number of rotatable bonds is 56. The molecule has 0 aliphatic rings. The summed E-state index contributed by atoms with van der Waals surface area (Å²) in [6.45, 7) is 6.28. The summed E-state index contributed by atoms with van der Waals surface area (Å²) in [7, 11) is 0. The Morgan fingerprint density at radius 1 is 0.266 bits per heavy atom. The fourth-order valence-electron chi connectivity index (χ4n) is 8.28. The maximum Gasteiger partial charge on any atom is 0.306 e. The minimum absolute atomic E-state index is 0.112. The Morgan fingerprint density at radius 2 is 0.506 bits per heavy atom. The average Bonchev–Trinajstić information content (AvgIpc) is 3.45. The van der Waals surface area contributed by atoms with Gasteiger partial charge in [0.25, 0.3) is 0 Å². The number of allylic oxidation sites excluding steroid dienone is 26. The van der Waals surface area contributed by atoms with E-state index in [-0.39, 0.29) is 37.5 Å². The molecule has 0 saturated carbocycles. The molecule has 0 radical (unpaired) electrons. The van der Waals surface area contributed by atoms with Gasteiger partial charge in [-0.25, -0.2) is 0 Å². The number of ether oxygens (including phenoxy) is 3. The third-order valence-corrected chi connectivity index (χ3v) is 13.0. The lowest BCUT2D eigenvalue weighted by molar-refractivity contribution is -0.167. The molecule has 0 aromatic carbocycles. The molecule has 1 atom stereocenters. The number of carbonyl (C=O) groups is 3. The monoisotopic (exact) mass is 1090 g/mol. The Morgan fingerprint density at radius 3 is 0.810 bits per heavy atom. The summed E-state index contributed by atoms with van der Waals surface area (Å²) in [5.74, 6) is -0.990. The lowest BCUT2D eigenvalue weighted by Gasteiger charge is -2.18. The van der Waals surface area contributed by atoms with E-state index in [1.807, 2.05) is 0 Å². The maximum atomic E-state index is 12.9. The van der Waals surface area contributed by atoms with Gasteiger partial charge in [-0.05, 0) is 135 Å². The summed E-state index contributed by atoms with van der Waals surface area (Å²) in [6.07, 6.45) is 95.5. The Balaban J connectivity index is 4.33. The van der Waals surface area contributed by atoms with Crippen LogP contribution in [0.15, 0.2) is 158 Å². The highest BCUT2D eigenvalue weighted by molar-refractivity contribution is 5.71. The van der Waals surface area contributed by atoms with Gasteiger partial charge in [0.2, 0.25) is 0 Å². The number of carbonyl (C=O) groups excluding carboxylic acids is 3. The van der Waals surface area contributed by atoms with Crippen LogP contribution in [0.25, 0.3) is 0 Å². The van der Waals surface area contributed by atoms with E-state index in [1.54, 1.807) is 0 Å². The zero-order valence-electron chi connectivity index (χ0n) is 50.8. The molecule has 79 heavy (non-hydrogen) atoms. The van der Waals surface area contributed by atoms with E-state index in [9.17, 15) is 14.4 Å². The van der Waals surface area contributed by atoms with Crippen LogP contribution in [0.5, 0.6) is 0 Å². The van der Waals surface area contributed by atoms with Crippen molar-refractivity contribution in [2.75, 3.05) is 13.2 Å². The fourth-order valence-corrected chi connectivity index (χ4v) is 8.28. The molecule has 1 unspecified atom stereocenters. The molecule has 0 aliphatic heterocycles. The lowest BCUT2D eigenvalue weighted by atomic mass is 10.0. The zero-order chi connectivity index (χ0) is 57.1. The van der Waals surface area contributed by atoms with Crippen molar-refractivity contribution in [3.8, 4) is 0 Å². The van der Waals surface area contributed by atoms with Crippen molar-refractivity contribution in [2.45, 2.75) is 271 Å². The van der Waals surface area contributed by atoms with Crippen LogP contribution in [-0.4, -0.2) is 37.2 Å². The summed E-state index contributed by atoms with van der Waals surface area (Å²) < 4.78 is 16.8. The third kappa shape index (κ3) is 63.7. The molecular weight excluding hydrogens is 973 g/mol. The van der Waals surface area contributed by atoms with Gasteiger partial charge < -0.3 is 14.2 Å². The highest BCUT2D eigenvalue weighted by Crippen LogP contribution is 2.15. The van der Waals surface area contributed by atoms with E-state index in [4.69, 9.17) is 14.2 Å². The van der Waals surface area contributed by atoms with E-state index in [0.29, 0.717) is 19.3 Å². The standard InChI is InChI=1S/C73H116O6/c1-4-7-10-13-16-19-22-25-27-29-30-31-32-33-34-35-36-37-38-39-40-41-42-44-45-48-51-54-57-60-63-66-72(75)78-69-70(68-77-71(74)65-62-59-56-53-50-47-24-21-18-15-12-9-6-3)79-73(76)67-64-61-58-55-52-49-46-43-28-26-23-20-17-14-11-8-5-2/h7-8,10-12,15-17,19-21,24-28,30-31,33-34,36-37,46,49,55,58,70H,4-6,9,13-14,18,22-23,29,32,35,38-45,47-48,50-54,56-57,59-69H2,1-3H3/b10-7-,11-8-,15-12-,19-16-,20-17-,24-21-,27-25-,28-26-,31-30-,34-33-,37-36-,49-46-,58-55-. The molecule has 0 rings (SSSR count). The largest absolute Gasteiger partial charge is 0.462 e. The smallest absolute Gasteiger partial charge is 0.306 e.